The molecule has 2 nitrogen and oxygen atoms in total. The molecule has 2 aliphatic carbocycles. The van der Waals surface area contributed by atoms with E-state index in [2.05, 4.69) is 44.3 Å². The molecule has 2 aliphatic rings. The van der Waals surface area contributed by atoms with E-state index in [0.29, 0.717) is 12.1 Å². The van der Waals surface area contributed by atoms with Gasteiger partial charge in [-0.2, -0.15) is 0 Å². The quantitative estimate of drug-likeness (QED) is 0.880. The molecule has 0 bridgehead atoms. The molecule has 0 radical (unpaired) electrons. The van der Waals surface area contributed by atoms with E-state index in [1.807, 2.05) is 0 Å². The Bertz CT molecular complexity index is 498. The SMILES string of the molecule is CCNC1CC(Oc2ccc3c(c2)CCCC3)C1(C)CC. The molecular formula is C19H29NO. The summed E-state index contributed by atoms with van der Waals surface area (Å²) in [6.07, 6.45) is 7.79. The smallest absolute Gasteiger partial charge is 0.120 e. The van der Waals surface area contributed by atoms with Crippen LogP contribution in [0.3, 0.4) is 0 Å². The van der Waals surface area contributed by atoms with Crippen molar-refractivity contribution in [1.82, 2.24) is 5.32 Å². The van der Waals surface area contributed by atoms with E-state index in [0.717, 1.165) is 18.7 Å². The number of hydrogen-bond donors (Lipinski definition) is 1. The molecule has 21 heavy (non-hydrogen) atoms. The average Bonchev–Trinajstić information content (AvgIpc) is 2.53. The molecule has 1 saturated carbocycles. The van der Waals surface area contributed by atoms with Crippen molar-refractivity contribution in [2.75, 3.05) is 6.54 Å². The minimum atomic E-state index is 0.270. The standard InChI is InChI=1S/C19H29NO/c1-4-19(3)17(20-5-2)13-18(19)21-16-11-10-14-8-6-7-9-15(14)12-16/h10-12,17-18,20H,4-9,13H2,1-3H3. The van der Waals surface area contributed by atoms with Gasteiger partial charge in [0.2, 0.25) is 0 Å². The molecule has 3 rings (SSSR count). The van der Waals surface area contributed by atoms with Crippen LogP contribution in [0.4, 0.5) is 0 Å². The molecule has 3 unspecified atom stereocenters. The van der Waals surface area contributed by atoms with E-state index < -0.39 is 0 Å². The molecule has 2 heteroatoms. The number of ether oxygens (including phenoxy) is 1. The third-order valence-corrected chi connectivity index (χ3v) is 5.79. The van der Waals surface area contributed by atoms with Gasteiger partial charge in [0, 0.05) is 17.9 Å². The lowest BCUT2D eigenvalue weighted by Crippen LogP contribution is -2.63. The molecule has 1 aromatic carbocycles. The molecule has 3 atom stereocenters. The normalized spacial score (nSPS) is 31.4. The van der Waals surface area contributed by atoms with Gasteiger partial charge < -0.3 is 10.1 Å². The molecule has 116 valence electrons. The van der Waals surface area contributed by atoms with Gasteiger partial charge in [0.15, 0.2) is 0 Å². The van der Waals surface area contributed by atoms with E-state index in [-0.39, 0.29) is 5.41 Å². The fourth-order valence-corrected chi connectivity index (χ4v) is 3.98. The molecular weight excluding hydrogens is 258 g/mol. The van der Waals surface area contributed by atoms with Crippen LogP contribution in [-0.2, 0) is 12.8 Å². The fraction of sp³-hybridized carbons (Fsp3) is 0.684. The maximum absolute atomic E-state index is 6.36. The highest BCUT2D eigenvalue weighted by Crippen LogP contribution is 2.46. The van der Waals surface area contributed by atoms with Gasteiger partial charge in [0.05, 0.1) is 0 Å². The average molecular weight is 287 g/mol. The molecule has 1 aromatic rings. The van der Waals surface area contributed by atoms with E-state index in [4.69, 9.17) is 4.74 Å². The Hall–Kier alpha value is -1.02. The lowest BCUT2D eigenvalue weighted by atomic mass is 9.61. The number of aryl methyl sites for hydroxylation is 2. The second-order valence-corrected chi connectivity index (χ2v) is 6.95. The molecule has 0 heterocycles. The highest BCUT2D eigenvalue weighted by Gasteiger charge is 2.51. The predicted molar refractivity (Wildman–Crippen MR) is 88.0 cm³/mol. The summed E-state index contributed by atoms with van der Waals surface area (Å²) in [5.74, 6) is 1.08. The minimum Gasteiger partial charge on any atom is -0.490 e. The summed E-state index contributed by atoms with van der Waals surface area (Å²) < 4.78 is 6.36. The molecule has 0 amide bonds. The zero-order valence-corrected chi connectivity index (χ0v) is 13.7. The Kier molecular flexibility index (Phi) is 4.26. The molecule has 0 spiro atoms. The van der Waals surface area contributed by atoms with Crippen molar-refractivity contribution in [3.05, 3.63) is 29.3 Å². The Morgan fingerprint density at radius 2 is 1.95 bits per heavy atom. The molecule has 0 aliphatic heterocycles. The molecule has 0 saturated heterocycles. The second-order valence-electron chi connectivity index (χ2n) is 6.95. The van der Waals surface area contributed by atoms with Crippen LogP contribution < -0.4 is 10.1 Å². The van der Waals surface area contributed by atoms with Crippen LogP contribution in [0.15, 0.2) is 18.2 Å². The summed E-state index contributed by atoms with van der Waals surface area (Å²) >= 11 is 0. The van der Waals surface area contributed by atoms with Gasteiger partial charge in [-0.3, -0.25) is 0 Å². The minimum absolute atomic E-state index is 0.270. The van der Waals surface area contributed by atoms with Gasteiger partial charge in [-0.1, -0.05) is 26.8 Å². The van der Waals surface area contributed by atoms with E-state index in [1.165, 1.54) is 43.2 Å². The highest BCUT2D eigenvalue weighted by molar-refractivity contribution is 5.37. The van der Waals surface area contributed by atoms with Crippen molar-refractivity contribution < 1.29 is 4.74 Å². The summed E-state index contributed by atoms with van der Waals surface area (Å²) in [5.41, 5.74) is 3.32. The first-order valence-corrected chi connectivity index (χ1v) is 8.69. The van der Waals surface area contributed by atoms with Crippen LogP contribution in [0.2, 0.25) is 0 Å². The third-order valence-electron chi connectivity index (χ3n) is 5.79. The maximum atomic E-state index is 6.36. The first-order chi connectivity index (χ1) is 10.2. The summed E-state index contributed by atoms with van der Waals surface area (Å²) in [4.78, 5) is 0. The first kappa shape index (κ1) is 14.9. The monoisotopic (exact) mass is 287 g/mol. The lowest BCUT2D eigenvalue weighted by Gasteiger charge is -2.53. The molecule has 0 aromatic heterocycles. The van der Waals surface area contributed by atoms with Crippen molar-refractivity contribution in [3.63, 3.8) is 0 Å². The zero-order valence-electron chi connectivity index (χ0n) is 13.7. The highest BCUT2D eigenvalue weighted by atomic mass is 16.5. The zero-order chi connectivity index (χ0) is 14.9. The molecule has 1 N–H and O–H groups in total. The van der Waals surface area contributed by atoms with Gasteiger partial charge in [-0.25, -0.2) is 0 Å². The van der Waals surface area contributed by atoms with Gasteiger partial charge >= 0.3 is 0 Å². The number of hydrogen-bond acceptors (Lipinski definition) is 2. The van der Waals surface area contributed by atoms with Crippen LogP contribution in [-0.4, -0.2) is 18.7 Å². The Labute approximate surface area is 129 Å². The Balaban J connectivity index is 1.69. The Morgan fingerprint density at radius 1 is 1.19 bits per heavy atom. The largest absolute Gasteiger partial charge is 0.490 e. The summed E-state index contributed by atoms with van der Waals surface area (Å²) in [6.45, 7) is 7.89. The summed E-state index contributed by atoms with van der Waals surface area (Å²) in [6, 6.07) is 7.37. The topological polar surface area (TPSA) is 21.3 Å². The van der Waals surface area contributed by atoms with E-state index >= 15 is 0 Å². The van der Waals surface area contributed by atoms with Crippen molar-refractivity contribution >= 4 is 0 Å². The van der Waals surface area contributed by atoms with Crippen molar-refractivity contribution in [2.45, 2.75) is 71.4 Å². The van der Waals surface area contributed by atoms with Crippen LogP contribution in [0.5, 0.6) is 5.75 Å². The number of rotatable bonds is 5. The van der Waals surface area contributed by atoms with Crippen molar-refractivity contribution in [1.29, 1.82) is 0 Å². The lowest BCUT2D eigenvalue weighted by molar-refractivity contribution is -0.0697. The van der Waals surface area contributed by atoms with Gasteiger partial charge in [-0.05, 0) is 61.9 Å². The molecule has 1 fully saturated rings. The van der Waals surface area contributed by atoms with Gasteiger partial charge in [0.1, 0.15) is 11.9 Å². The maximum Gasteiger partial charge on any atom is 0.120 e. The number of benzene rings is 1. The van der Waals surface area contributed by atoms with E-state index in [9.17, 15) is 0 Å². The summed E-state index contributed by atoms with van der Waals surface area (Å²) in [7, 11) is 0. The van der Waals surface area contributed by atoms with Crippen LogP contribution in [0.25, 0.3) is 0 Å². The Morgan fingerprint density at radius 3 is 2.67 bits per heavy atom. The number of fused-ring (bicyclic) bond motifs is 1. The summed E-state index contributed by atoms with van der Waals surface area (Å²) in [5, 5.41) is 3.61. The van der Waals surface area contributed by atoms with Crippen LogP contribution >= 0.6 is 0 Å². The number of nitrogens with one attached hydrogen (secondary N) is 1. The van der Waals surface area contributed by atoms with Gasteiger partial charge in [-0.15, -0.1) is 0 Å². The van der Waals surface area contributed by atoms with E-state index in [1.54, 1.807) is 0 Å². The fourth-order valence-electron chi connectivity index (χ4n) is 3.98. The van der Waals surface area contributed by atoms with Crippen LogP contribution in [0, 0.1) is 5.41 Å². The first-order valence-electron chi connectivity index (χ1n) is 8.69. The third kappa shape index (κ3) is 2.70. The van der Waals surface area contributed by atoms with Crippen molar-refractivity contribution in [3.8, 4) is 5.75 Å². The predicted octanol–water partition coefficient (Wildman–Crippen LogP) is 4.11. The second kappa shape index (κ2) is 6.00. The van der Waals surface area contributed by atoms with Gasteiger partial charge in [0.25, 0.3) is 0 Å². The van der Waals surface area contributed by atoms with Crippen LogP contribution in [0.1, 0.15) is 57.6 Å². The van der Waals surface area contributed by atoms with Crippen molar-refractivity contribution in [2.24, 2.45) is 5.41 Å².